The van der Waals surface area contributed by atoms with E-state index in [1.54, 1.807) is 13.2 Å². The minimum atomic E-state index is 0.623. The average molecular weight is 189 g/mol. The van der Waals surface area contributed by atoms with Crippen molar-refractivity contribution < 1.29 is 4.74 Å². The van der Waals surface area contributed by atoms with Crippen LogP contribution in [0.4, 0.5) is 0 Å². The summed E-state index contributed by atoms with van der Waals surface area (Å²) >= 11 is 0. The van der Waals surface area contributed by atoms with Gasteiger partial charge in [0.2, 0.25) is 0 Å². The molecule has 2 heteroatoms. The smallest absolute Gasteiger partial charge is 0.0646 e. The van der Waals surface area contributed by atoms with E-state index in [4.69, 9.17) is 4.74 Å². The third kappa shape index (κ3) is 2.82. The number of aryl methyl sites for hydroxylation is 1. The van der Waals surface area contributed by atoms with E-state index in [9.17, 15) is 0 Å². The summed E-state index contributed by atoms with van der Waals surface area (Å²) in [6.45, 7) is 6.32. The summed E-state index contributed by atoms with van der Waals surface area (Å²) in [4.78, 5) is 4.27. The second-order valence-corrected chi connectivity index (χ2v) is 3.01. The quantitative estimate of drug-likeness (QED) is 0.726. The first-order chi connectivity index (χ1) is 6.77. The van der Waals surface area contributed by atoms with Crippen LogP contribution in [-0.2, 0) is 4.74 Å². The van der Waals surface area contributed by atoms with Crippen molar-refractivity contribution in [3.63, 3.8) is 0 Å². The van der Waals surface area contributed by atoms with Crippen molar-refractivity contribution in [3.8, 4) is 0 Å². The molecule has 0 aromatic carbocycles. The Hall–Kier alpha value is -1.41. The molecule has 0 spiro atoms. The highest BCUT2D eigenvalue weighted by molar-refractivity contribution is 5.57. The van der Waals surface area contributed by atoms with Gasteiger partial charge in [0.1, 0.15) is 0 Å². The zero-order chi connectivity index (χ0) is 10.4. The molecule has 14 heavy (non-hydrogen) atoms. The summed E-state index contributed by atoms with van der Waals surface area (Å²) in [6.07, 6.45) is 7.59. The second kappa shape index (κ2) is 5.35. The van der Waals surface area contributed by atoms with E-state index in [1.165, 1.54) is 0 Å². The van der Waals surface area contributed by atoms with Crippen LogP contribution in [-0.4, -0.2) is 18.7 Å². The highest BCUT2D eigenvalue weighted by Gasteiger charge is 1.95. The third-order valence-electron chi connectivity index (χ3n) is 1.94. The summed E-state index contributed by atoms with van der Waals surface area (Å²) in [5.74, 6) is 0. The summed E-state index contributed by atoms with van der Waals surface area (Å²) in [7, 11) is 1.68. The Morgan fingerprint density at radius 2 is 2.36 bits per heavy atom. The van der Waals surface area contributed by atoms with Crippen LogP contribution in [0.25, 0.3) is 12.2 Å². The van der Waals surface area contributed by atoms with Crippen LogP contribution in [0.15, 0.2) is 24.9 Å². The normalized spacial score (nSPS) is 10.7. The zero-order valence-corrected chi connectivity index (χ0v) is 8.66. The fourth-order valence-electron chi connectivity index (χ4n) is 1.12. The Labute approximate surface area is 84.9 Å². The lowest BCUT2D eigenvalue weighted by Crippen LogP contribution is -1.88. The van der Waals surface area contributed by atoms with Gasteiger partial charge in [-0.3, -0.25) is 4.98 Å². The predicted molar refractivity (Wildman–Crippen MR) is 60.0 cm³/mol. The molecule has 0 saturated heterocycles. The maximum Gasteiger partial charge on any atom is 0.0646 e. The lowest BCUT2D eigenvalue weighted by molar-refractivity contribution is 0.234. The molecule has 2 nitrogen and oxygen atoms in total. The van der Waals surface area contributed by atoms with Crippen LogP contribution in [0, 0.1) is 6.92 Å². The Morgan fingerprint density at radius 1 is 1.57 bits per heavy atom. The van der Waals surface area contributed by atoms with Crippen molar-refractivity contribution in [2.24, 2.45) is 0 Å². The van der Waals surface area contributed by atoms with Gasteiger partial charge in [0.25, 0.3) is 0 Å². The van der Waals surface area contributed by atoms with Crippen molar-refractivity contribution in [2.75, 3.05) is 13.7 Å². The lowest BCUT2D eigenvalue weighted by atomic mass is 10.1. The molecule has 0 radical (unpaired) electrons. The molecule has 0 saturated carbocycles. The van der Waals surface area contributed by atoms with E-state index in [0.717, 1.165) is 16.8 Å². The number of pyridine rings is 1. The van der Waals surface area contributed by atoms with Gasteiger partial charge in [-0.25, -0.2) is 0 Å². The fourth-order valence-corrected chi connectivity index (χ4v) is 1.12. The SMILES string of the molecule is C=Cc1cnc(C)c(/C=C\COC)c1. The van der Waals surface area contributed by atoms with E-state index in [1.807, 2.05) is 25.3 Å². The molecule has 0 amide bonds. The average Bonchev–Trinajstić information content (AvgIpc) is 2.21. The maximum atomic E-state index is 4.93. The molecule has 0 unspecified atom stereocenters. The van der Waals surface area contributed by atoms with Crippen molar-refractivity contribution in [3.05, 3.63) is 41.7 Å². The summed E-state index contributed by atoms with van der Waals surface area (Å²) in [5, 5.41) is 0. The van der Waals surface area contributed by atoms with Crippen LogP contribution >= 0.6 is 0 Å². The van der Waals surface area contributed by atoms with Crippen molar-refractivity contribution >= 4 is 12.2 Å². The number of methoxy groups -OCH3 is 1. The van der Waals surface area contributed by atoms with Gasteiger partial charge in [0, 0.05) is 19.0 Å². The molecule has 1 rings (SSSR count). The fraction of sp³-hybridized carbons (Fsp3) is 0.250. The molecular weight excluding hydrogens is 174 g/mol. The number of aromatic nitrogens is 1. The molecule has 1 heterocycles. The van der Waals surface area contributed by atoms with Crippen molar-refractivity contribution in [1.29, 1.82) is 0 Å². The van der Waals surface area contributed by atoms with Crippen LogP contribution < -0.4 is 0 Å². The van der Waals surface area contributed by atoms with Crippen LogP contribution in [0.3, 0.4) is 0 Å². The lowest BCUT2D eigenvalue weighted by Gasteiger charge is -2.00. The standard InChI is InChI=1S/C12H15NO/c1-4-11-8-12(6-5-7-14-3)10(2)13-9-11/h4-6,8-9H,1,7H2,2-3H3/b6-5-. The summed E-state index contributed by atoms with van der Waals surface area (Å²) < 4.78 is 4.93. The monoisotopic (exact) mass is 189 g/mol. The van der Waals surface area contributed by atoms with Crippen LogP contribution in [0.5, 0.6) is 0 Å². The van der Waals surface area contributed by atoms with Gasteiger partial charge in [-0.2, -0.15) is 0 Å². The van der Waals surface area contributed by atoms with Gasteiger partial charge >= 0.3 is 0 Å². The van der Waals surface area contributed by atoms with E-state index >= 15 is 0 Å². The molecule has 74 valence electrons. The number of hydrogen-bond donors (Lipinski definition) is 0. The first-order valence-electron chi connectivity index (χ1n) is 4.52. The van der Waals surface area contributed by atoms with Crippen molar-refractivity contribution in [1.82, 2.24) is 4.98 Å². The molecule has 0 fully saturated rings. The second-order valence-electron chi connectivity index (χ2n) is 3.01. The first kappa shape index (κ1) is 10.7. The minimum absolute atomic E-state index is 0.623. The highest BCUT2D eigenvalue weighted by atomic mass is 16.5. The molecule has 1 aromatic rings. The van der Waals surface area contributed by atoms with Gasteiger partial charge in [-0.05, 0) is 24.1 Å². The van der Waals surface area contributed by atoms with Gasteiger partial charge in [-0.15, -0.1) is 0 Å². The summed E-state index contributed by atoms with van der Waals surface area (Å²) in [6, 6.07) is 2.06. The number of rotatable bonds is 4. The van der Waals surface area contributed by atoms with E-state index in [-0.39, 0.29) is 0 Å². The molecule has 0 aliphatic heterocycles. The number of nitrogens with zero attached hydrogens (tertiary/aromatic N) is 1. The largest absolute Gasteiger partial charge is 0.381 e. The van der Waals surface area contributed by atoms with Gasteiger partial charge in [0.05, 0.1) is 6.61 Å². The zero-order valence-electron chi connectivity index (χ0n) is 8.66. The molecule has 0 atom stereocenters. The molecule has 0 aliphatic rings. The summed E-state index contributed by atoms with van der Waals surface area (Å²) in [5.41, 5.74) is 3.16. The molecule has 1 aromatic heterocycles. The van der Waals surface area contributed by atoms with Gasteiger partial charge < -0.3 is 4.74 Å². The van der Waals surface area contributed by atoms with Crippen LogP contribution in [0.2, 0.25) is 0 Å². The predicted octanol–water partition coefficient (Wildman–Crippen LogP) is 2.69. The van der Waals surface area contributed by atoms with Crippen LogP contribution in [0.1, 0.15) is 16.8 Å². The van der Waals surface area contributed by atoms with Gasteiger partial charge in [-0.1, -0.05) is 24.8 Å². The first-order valence-corrected chi connectivity index (χ1v) is 4.52. The molecule has 0 N–H and O–H groups in total. The molecular formula is C12H15NO. The Kier molecular flexibility index (Phi) is 4.08. The van der Waals surface area contributed by atoms with E-state index in [0.29, 0.717) is 6.61 Å². The highest BCUT2D eigenvalue weighted by Crippen LogP contribution is 2.10. The Bertz CT molecular complexity index is 342. The molecule has 0 aliphatic carbocycles. The molecule has 0 bridgehead atoms. The minimum Gasteiger partial charge on any atom is -0.381 e. The van der Waals surface area contributed by atoms with Gasteiger partial charge in [0.15, 0.2) is 0 Å². The Morgan fingerprint density at radius 3 is 3.00 bits per heavy atom. The van der Waals surface area contributed by atoms with Crippen molar-refractivity contribution in [2.45, 2.75) is 6.92 Å². The Balaban J connectivity index is 2.89. The topological polar surface area (TPSA) is 22.1 Å². The van der Waals surface area contributed by atoms with E-state index in [2.05, 4.69) is 17.6 Å². The maximum absolute atomic E-state index is 4.93. The third-order valence-corrected chi connectivity index (χ3v) is 1.94. The van der Waals surface area contributed by atoms with E-state index < -0.39 is 0 Å². The number of ether oxygens (including phenoxy) is 1. The number of hydrogen-bond acceptors (Lipinski definition) is 2.